The van der Waals surface area contributed by atoms with E-state index in [4.69, 9.17) is 52.1 Å². The van der Waals surface area contributed by atoms with E-state index < -0.39 is 5.91 Å². The van der Waals surface area contributed by atoms with Crippen molar-refractivity contribution in [3.8, 4) is 11.1 Å². The van der Waals surface area contributed by atoms with Gasteiger partial charge >= 0.3 is 0 Å². The smallest absolute Gasteiger partial charge is 0.250 e. The second kappa shape index (κ2) is 5.59. The third-order valence-corrected chi connectivity index (χ3v) is 4.06. The lowest BCUT2D eigenvalue weighted by atomic mass is 10.0. The Bertz CT molecular complexity index is 647. The molecule has 1 amide bonds. The largest absolute Gasteiger partial charge is 0.366 e. The highest BCUT2D eigenvalue weighted by Gasteiger charge is 2.11. The van der Waals surface area contributed by atoms with Crippen LogP contribution in [0.15, 0.2) is 30.3 Å². The fraction of sp³-hybridized carbons (Fsp3) is 0. The number of nitrogens with two attached hydrogens (primary N) is 1. The Hall–Kier alpha value is -0.930. The Morgan fingerprint density at radius 2 is 1.37 bits per heavy atom. The van der Waals surface area contributed by atoms with Gasteiger partial charge in [-0.1, -0.05) is 52.5 Å². The van der Waals surface area contributed by atoms with E-state index in [1.165, 1.54) is 0 Å². The quantitative estimate of drug-likeness (QED) is 0.766. The molecule has 0 fully saturated rings. The molecule has 0 saturated carbocycles. The molecule has 2 N–H and O–H groups in total. The molecular weight excluding hydrogens is 328 g/mol. The van der Waals surface area contributed by atoms with Crippen LogP contribution in [-0.2, 0) is 0 Å². The molecule has 2 nitrogen and oxygen atoms in total. The van der Waals surface area contributed by atoms with Crippen LogP contribution < -0.4 is 5.73 Å². The number of carbonyl (C=O) groups excluding carboxylic acids is 1. The molecule has 2 rings (SSSR count). The normalized spacial score (nSPS) is 10.5. The standard InChI is InChI=1S/C13H7Cl4NO/c14-9-3-6(1-2-8(9)13(18)19)7-4-10(15)12(17)11(16)5-7/h1-5H,(H2,18,19). The molecule has 6 heteroatoms. The first kappa shape index (κ1) is 14.5. The number of primary amides is 1. The van der Waals surface area contributed by atoms with Crippen molar-refractivity contribution < 1.29 is 4.79 Å². The van der Waals surface area contributed by atoms with E-state index in [1.807, 2.05) is 0 Å². The molecule has 0 heterocycles. The predicted molar refractivity (Wildman–Crippen MR) is 80.4 cm³/mol. The van der Waals surface area contributed by atoms with Gasteiger partial charge in [0.2, 0.25) is 5.91 Å². The molecule has 2 aromatic rings. The molecule has 0 aromatic heterocycles. The highest BCUT2D eigenvalue weighted by atomic mass is 35.5. The number of amides is 1. The summed E-state index contributed by atoms with van der Waals surface area (Å²) in [4.78, 5) is 11.1. The minimum absolute atomic E-state index is 0.261. The summed E-state index contributed by atoms with van der Waals surface area (Å²) >= 11 is 23.8. The first-order valence-corrected chi connectivity index (χ1v) is 6.65. The van der Waals surface area contributed by atoms with E-state index >= 15 is 0 Å². The lowest BCUT2D eigenvalue weighted by Gasteiger charge is -2.07. The molecule has 0 unspecified atom stereocenters. The maximum Gasteiger partial charge on any atom is 0.250 e. The highest BCUT2D eigenvalue weighted by Crippen LogP contribution is 2.36. The predicted octanol–water partition coefficient (Wildman–Crippen LogP) is 5.07. The molecule has 0 aliphatic carbocycles. The van der Waals surface area contributed by atoms with Crippen LogP contribution in [0.3, 0.4) is 0 Å². The number of halogens is 4. The van der Waals surface area contributed by atoms with Crippen LogP contribution in [-0.4, -0.2) is 5.91 Å². The molecule has 0 saturated heterocycles. The zero-order valence-electron chi connectivity index (χ0n) is 9.38. The van der Waals surface area contributed by atoms with Crippen LogP contribution in [0.25, 0.3) is 11.1 Å². The van der Waals surface area contributed by atoms with E-state index in [-0.39, 0.29) is 10.6 Å². The first-order valence-electron chi connectivity index (χ1n) is 5.14. The molecule has 98 valence electrons. The molecule has 0 aliphatic heterocycles. The van der Waals surface area contributed by atoms with Crippen molar-refractivity contribution >= 4 is 52.3 Å². The van der Waals surface area contributed by atoms with Gasteiger partial charge in [0.25, 0.3) is 0 Å². The van der Waals surface area contributed by atoms with E-state index in [0.29, 0.717) is 15.1 Å². The Kier molecular flexibility index (Phi) is 4.26. The molecular formula is C13H7Cl4NO. The highest BCUT2D eigenvalue weighted by molar-refractivity contribution is 6.48. The molecule has 0 spiro atoms. The second-order valence-electron chi connectivity index (χ2n) is 3.81. The average Bonchev–Trinajstić information content (AvgIpc) is 2.34. The lowest BCUT2D eigenvalue weighted by Crippen LogP contribution is -2.11. The average molecular weight is 335 g/mol. The summed E-state index contributed by atoms with van der Waals surface area (Å²) in [6.45, 7) is 0. The van der Waals surface area contributed by atoms with Gasteiger partial charge in [0, 0.05) is 0 Å². The van der Waals surface area contributed by atoms with E-state index in [9.17, 15) is 4.79 Å². The second-order valence-corrected chi connectivity index (χ2v) is 5.41. The Morgan fingerprint density at radius 1 is 0.842 bits per heavy atom. The van der Waals surface area contributed by atoms with Crippen molar-refractivity contribution in [2.75, 3.05) is 0 Å². The summed E-state index contributed by atoms with van der Waals surface area (Å²) in [6, 6.07) is 8.23. The summed E-state index contributed by atoms with van der Waals surface area (Å²) in [6.07, 6.45) is 0. The van der Waals surface area contributed by atoms with E-state index in [2.05, 4.69) is 0 Å². The number of hydrogen-bond acceptors (Lipinski definition) is 1. The molecule has 2 aromatic carbocycles. The Morgan fingerprint density at radius 3 is 1.84 bits per heavy atom. The third-order valence-electron chi connectivity index (χ3n) is 2.55. The van der Waals surface area contributed by atoms with Crippen LogP contribution in [0, 0.1) is 0 Å². The molecule has 0 aliphatic rings. The maximum atomic E-state index is 11.1. The van der Waals surface area contributed by atoms with Gasteiger partial charge in [0.1, 0.15) is 0 Å². The van der Waals surface area contributed by atoms with Crippen LogP contribution in [0.1, 0.15) is 10.4 Å². The van der Waals surface area contributed by atoms with Crippen molar-refractivity contribution in [2.45, 2.75) is 0 Å². The summed E-state index contributed by atoms with van der Waals surface area (Å²) < 4.78 is 0. The summed E-state index contributed by atoms with van der Waals surface area (Å²) in [5, 5.41) is 1.26. The van der Waals surface area contributed by atoms with Gasteiger partial charge in [0.15, 0.2) is 0 Å². The fourth-order valence-electron chi connectivity index (χ4n) is 1.62. The van der Waals surface area contributed by atoms with Crippen molar-refractivity contribution in [3.05, 3.63) is 56.0 Å². The zero-order chi connectivity index (χ0) is 14.2. The van der Waals surface area contributed by atoms with Gasteiger partial charge < -0.3 is 5.73 Å². The minimum Gasteiger partial charge on any atom is -0.366 e. The molecule has 0 radical (unpaired) electrons. The minimum atomic E-state index is -0.580. The SMILES string of the molecule is NC(=O)c1ccc(-c2cc(Cl)c(Cl)c(Cl)c2)cc1Cl. The first-order chi connectivity index (χ1) is 8.90. The van der Waals surface area contributed by atoms with Gasteiger partial charge in [-0.25, -0.2) is 0 Å². The number of benzene rings is 2. The Balaban J connectivity index is 2.54. The van der Waals surface area contributed by atoms with E-state index in [0.717, 1.165) is 11.1 Å². The zero-order valence-corrected chi connectivity index (χ0v) is 12.4. The molecule has 19 heavy (non-hydrogen) atoms. The summed E-state index contributed by atoms with van der Waals surface area (Å²) in [7, 11) is 0. The topological polar surface area (TPSA) is 43.1 Å². The van der Waals surface area contributed by atoms with Gasteiger partial charge in [-0.05, 0) is 35.4 Å². The van der Waals surface area contributed by atoms with Gasteiger partial charge in [0.05, 0.1) is 25.7 Å². The fourth-order valence-corrected chi connectivity index (χ4v) is 2.49. The number of rotatable bonds is 2. The van der Waals surface area contributed by atoms with Gasteiger partial charge in [-0.15, -0.1) is 0 Å². The lowest BCUT2D eigenvalue weighted by molar-refractivity contribution is 0.100. The third kappa shape index (κ3) is 2.98. The van der Waals surface area contributed by atoms with Crippen molar-refractivity contribution in [3.63, 3.8) is 0 Å². The monoisotopic (exact) mass is 333 g/mol. The van der Waals surface area contributed by atoms with Crippen LogP contribution in [0.4, 0.5) is 0 Å². The number of carbonyl (C=O) groups is 1. The number of hydrogen-bond donors (Lipinski definition) is 1. The molecule has 0 atom stereocenters. The van der Waals surface area contributed by atoms with Crippen LogP contribution in [0.5, 0.6) is 0 Å². The Labute approximate surface area is 130 Å². The van der Waals surface area contributed by atoms with E-state index in [1.54, 1.807) is 30.3 Å². The van der Waals surface area contributed by atoms with Crippen molar-refractivity contribution in [2.24, 2.45) is 5.73 Å². The summed E-state index contributed by atoms with van der Waals surface area (Å²) in [5.41, 5.74) is 6.96. The van der Waals surface area contributed by atoms with Crippen molar-refractivity contribution in [1.82, 2.24) is 0 Å². The maximum absolute atomic E-state index is 11.1. The summed E-state index contributed by atoms with van der Waals surface area (Å²) in [5.74, 6) is -0.580. The van der Waals surface area contributed by atoms with Crippen LogP contribution >= 0.6 is 46.4 Å². The molecule has 0 bridgehead atoms. The van der Waals surface area contributed by atoms with Gasteiger partial charge in [-0.3, -0.25) is 4.79 Å². The van der Waals surface area contributed by atoms with Crippen LogP contribution in [0.2, 0.25) is 20.1 Å². The van der Waals surface area contributed by atoms with Gasteiger partial charge in [-0.2, -0.15) is 0 Å². The van der Waals surface area contributed by atoms with Crippen molar-refractivity contribution in [1.29, 1.82) is 0 Å².